The van der Waals surface area contributed by atoms with Crippen molar-refractivity contribution in [3.63, 3.8) is 0 Å². The average molecular weight is 171 g/mol. The minimum Gasteiger partial charge on any atom is -0.409 e. The van der Waals surface area contributed by atoms with Crippen LogP contribution in [0, 0.1) is 0 Å². The van der Waals surface area contributed by atoms with Gasteiger partial charge in [0.1, 0.15) is 0 Å². The molecule has 0 aromatic carbocycles. The van der Waals surface area contributed by atoms with Crippen LogP contribution < -0.4 is 11.1 Å². The lowest BCUT2D eigenvalue weighted by Crippen LogP contribution is -2.16. The SMILES string of the molecule is CCNc1nonc1/C(N)=N/O. The highest BCUT2D eigenvalue weighted by Gasteiger charge is 2.12. The lowest BCUT2D eigenvalue weighted by molar-refractivity contribution is 0.304. The lowest BCUT2D eigenvalue weighted by atomic mass is 10.4. The predicted octanol–water partition coefficient (Wildman–Crippen LogP) is -0.404. The number of nitrogens with two attached hydrogens (primary N) is 1. The molecule has 1 aromatic heterocycles. The van der Waals surface area contributed by atoms with Crippen LogP contribution in [0.2, 0.25) is 0 Å². The van der Waals surface area contributed by atoms with E-state index in [2.05, 4.69) is 25.4 Å². The van der Waals surface area contributed by atoms with Gasteiger partial charge in [0.05, 0.1) is 0 Å². The molecule has 0 fully saturated rings. The predicted molar refractivity (Wildman–Crippen MR) is 41.0 cm³/mol. The highest BCUT2D eigenvalue weighted by atomic mass is 16.6. The Balaban J connectivity index is 2.91. The molecular weight excluding hydrogens is 162 g/mol. The van der Waals surface area contributed by atoms with Gasteiger partial charge in [-0.15, -0.1) is 0 Å². The van der Waals surface area contributed by atoms with E-state index in [0.29, 0.717) is 12.4 Å². The minimum atomic E-state index is -0.132. The first kappa shape index (κ1) is 8.31. The summed E-state index contributed by atoms with van der Waals surface area (Å²) in [6, 6.07) is 0. The van der Waals surface area contributed by atoms with Crippen molar-refractivity contribution in [3.05, 3.63) is 5.69 Å². The summed E-state index contributed by atoms with van der Waals surface area (Å²) < 4.78 is 4.39. The molecule has 0 unspecified atom stereocenters. The van der Waals surface area contributed by atoms with Crippen LogP contribution in [0.5, 0.6) is 0 Å². The molecule has 0 aliphatic heterocycles. The van der Waals surface area contributed by atoms with Crippen LogP contribution in [0.1, 0.15) is 12.6 Å². The summed E-state index contributed by atoms with van der Waals surface area (Å²) in [5.41, 5.74) is 5.48. The quantitative estimate of drug-likeness (QED) is 0.247. The van der Waals surface area contributed by atoms with Crippen molar-refractivity contribution in [1.29, 1.82) is 0 Å². The van der Waals surface area contributed by atoms with Crippen LogP contribution in [0.15, 0.2) is 9.78 Å². The van der Waals surface area contributed by atoms with Crippen LogP contribution in [0.3, 0.4) is 0 Å². The molecule has 0 saturated heterocycles. The van der Waals surface area contributed by atoms with Crippen LogP contribution in [0.25, 0.3) is 0 Å². The number of hydrogen-bond acceptors (Lipinski definition) is 6. The van der Waals surface area contributed by atoms with E-state index in [1.807, 2.05) is 6.92 Å². The summed E-state index contributed by atoms with van der Waals surface area (Å²) in [4.78, 5) is 0. The highest BCUT2D eigenvalue weighted by molar-refractivity contribution is 5.99. The standard InChI is InChI=1S/C5H9N5O2/c1-2-7-5-3(4(6)8-11)9-12-10-5/h11H,2H2,1H3,(H2,6,8)(H,7,10). The fourth-order valence-corrected chi connectivity index (χ4v) is 0.687. The van der Waals surface area contributed by atoms with E-state index in [-0.39, 0.29) is 11.5 Å². The van der Waals surface area contributed by atoms with Gasteiger partial charge in [0, 0.05) is 6.54 Å². The number of oxime groups is 1. The van der Waals surface area contributed by atoms with Crippen LogP contribution in [0.4, 0.5) is 5.82 Å². The van der Waals surface area contributed by atoms with Gasteiger partial charge in [0.2, 0.25) is 5.82 Å². The molecule has 1 aromatic rings. The summed E-state index contributed by atoms with van der Waals surface area (Å²) in [6.07, 6.45) is 0. The van der Waals surface area contributed by atoms with E-state index >= 15 is 0 Å². The Morgan fingerprint density at radius 2 is 2.50 bits per heavy atom. The molecule has 0 aliphatic rings. The number of nitrogens with one attached hydrogen (secondary N) is 1. The molecule has 4 N–H and O–H groups in total. The van der Waals surface area contributed by atoms with Gasteiger partial charge in [-0.2, -0.15) is 0 Å². The van der Waals surface area contributed by atoms with Crippen LogP contribution >= 0.6 is 0 Å². The summed E-state index contributed by atoms with van der Waals surface area (Å²) in [7, 11) is 0. The number of anilines is 1. The normalized spacial score (nSPS) is 11.6. The Morgan fingerprint density at radius 3 is 3.08 bits per heavy atom. The maximum absolute atomic E-state index is 8.32. The first-order valence-corrected chi connectivity index (χ1v) is 3.34. The van der Waals surface area contributed by atoms with Gasteiger partial charge >= 0.3 is 0 Å². The van der Waals surface area contributed by atoms with Crippen molar-refractivity contribution >= 4 is 11.7 Å². The maximum Gasteiger partial charge on any atom is 0.202 e. The second-order valence-electron chi connectivity index (χ2n) is 1.98. The zero-order valence-corrected chi connectivity index (χ0v) is 6.48. The number of nitrogens with zero attached hydrogens (tertiary/aromatic N) is 3. The van der Waals surface area contributed by atoms with Crippen molar-refractivity contribution < 1.29 is 9.84 Å². The van der Waals surface area contributed by atoms with Crippen LogP contribution in [-0.2, 0) is 0 Å². The first-order chi connectivity index (χ1) is 5.79. The number of rotatable bonds is 3. The van der Waals surface area contributed by atoms with E-state index in [4.69, 9.17) is 10.9 Å². The maximum atomic E-state index is 8.32. The number of aromatic nitrogens is 2. The fraction of sp³-hybridized carbons (Fsp3) is 0.400. The molecule has 66 valence electrons. The fourth-order valence-electron chi connectivity index (χ4n) is 0.687. The Kier molecular flexibility index (Phi) is 2.46. The van der Waals surface area contributed by atoms with Crippen molar-refractivity contribution in [2.75, 3.05) is 11.9 Å². The average Bonchev–Trinajstić information content (AvgIpc) is 2.52. The van der Waals surface area contributed by atoms with E-state index < -0.39 is 0 Å². The molecule has 0 amide bonds. The zero-order chi connectivity index (χ0) is 8.97. The van der Waals surface area contributed by atoms with Gasteiger partial charge in [-0.05, 0) is 17.2 Å². The molecule has 0 aliphatic carbocycles. The van der Waals surface area contributed by atoms with E-state index in [9.17, 15) is 0 Å². The van der Waals surface area contributed by atoms with E-state index in [1.165, 1.54) is 0 Å². The zero-order valence-electron chi connectivity index (χ0n) is 6.48. The molecule has 7 nitrogen and oxygen atoms in total. The Hall–Kier alpha value is -1.79. The molecule has 0 radical (unpaired) electrons. The van der Waals surface area contributed by atoms with Gasteiger partial charge in [0.15, 0.2) is 11.5 Å². The summed E-state index contributed by atoms with van der Waals surface area (Å²) in [6.45, 7) is 2.53. The van der Waals surface area contributed by atoms with Gasteiger partial charge in [-0.1, -0.05) is 5.16 Å². The molecule has 0 saturated carbocycles. The second-order valence-corrected chi connectivity index (χ2v) is 1.98. The molecule has 0 bridgehead atoms. The first-order valence-electron chi connectivity index (χ1n) is 3.34. The van der Waals surface area contributed by atoms with Gasteiger partial charge < -0.3 is 16.3 Å². The summed E-state index contributed by atoms with van der Waals surface area (Å²) in [5, 5.41) is 20.9. The van der Waals surface area contributed by atoms with Crippen LogP contribution in [-0.4, -0.2) is 27.9 Å². The summed E-state index contributed by atoms with van der Waals surface area (Å²) >= 11 is 0. The molecule has 12 heavy (non-hydrogen) atoms. The topological polar surface area (TPSA) is 110 Å². The Morgan fingerprint density at radius 1 is 1.75 bits per heavy atom. The Labute approximate surface area is 68.2 Å². The monoisotopic (exact) mass is 171 g/mol. The highest BCUT2D eigenvalue weighted by Crippen LogP contribution is 2.07. The van der Waals surface area contributed by atoms with Gasteiger partial charge in [-0.25, -0.2) is 4.63 Å². The van der Waals surface area contributed by atoms with Gasteiger partial charge in [-0.3, -0.25) is 0 Å². The third-order valence-corrected chi connectivity index (χ3v) is 1.18. The third kappa shape index (κ3) is 1.44. The van der Waals surface area contributed by atoms with Crippen molar-refractivity contribution in [2.45, 2.75) is 6.92 Å². The van der Waals surface area contributed by atoms with Crippen molar-refractivity contribution in [3.8, 4) is 0 Å². The molecule has 0 spiro atoms. The number of hydrogen-bond donors (Lipinski definition) is 3. The molecule has 0 atom stereocenters. The molecule has 1 heterocycles. The molecule has 1 rings (SSSR count). The minimum absolute atomic E-state index is 0.132. The lowest BCUT2D eigenvalue weighted by Gasteiger charge is -1.96. The largest absolute Gasteiger partial charge is 0.409 e. The molecular formula is C5H9N5O2. The molecule has 7 heteroatoms. The summed E-state index contributed by atoms with van der Waals surface area (Å²) in [5.74, 6) is 0.236. The Bertz CT molecular complexity index is 281. The van der Waals surface area contributed by atoms with E-state index in [0.717, 1.165) is 0 Å². The van der Waals surface area contributed by atoms with E-state index in [1.54, 1.807) is 0 Å². The number of amidine groups is 1. The second kappa shape index (κ2) is 3.56. The third-order valence-electron chi connectivity index (χ3n) is 1.18. The van der Waals surface area contributed by atoms with Gasteiger partial charge in [0.25, 0.3) is 0 Å². The van der Waals surface area contributed by atoms with Crippen molar-refractivity contribution in [1.82, 2.24) is 10.3 Å². The van der Waals surface area contributed by atoms with Crippen molar-refractivity contribution in [2.24, 2.45) is 10.9 Å². The smallest absolute Gasteiger partial charge is 0.202 e.